The van der Waals surface area contributed by atoms with Crippen LogP contribution >= 0.6 is 11.3 Å². The van der Waals surface area contributed by atoms with Crippen LogP contribution in [0.25, 0.3) is 16.3 Å². The molecule has 0 bridgehead atoms. The molecule has 0 aliphatic heterocycles. The second-order valence-electron chi connectivity index (χ2n) is 6.42. The van der Waals surface area contributed by atoms with Crippen molar-refractivity contribution in [3.63, 3.8) is 0 Å². The van der Waals surface area contributed by atoms with E-state index in [4.69, 9.17) is 0 Å². The standard InChI is InChI=1S/C20H17N5O3S2/c1-30(27,28)24-17-10-6-5-9-16(17)22-19(26)18-13-29-20(23-18)14-11-21-25(12-14)15-7-3-2-4-8-15/h2-13,24H,1H3,(H,22,26). The number of hydrogen-bond acceptors (Lipinski definition) is 6. The number of aromatic nitrogens is 3. The van der Waals surface area contributed by atoms with Crippen LogP contribution in [0.5, 0.6) is 0 Å². The zero-order valence-electron chi connectivity index (χ0n) is 15.8. The van der Waals surface area contributed by atoms with E-state index in [0.29, 0.717) is 10.7 Å². The molecule has 2 aromatic carbocycles. The quantitative estimate of drug-likeness (QED) is 0.477. The number of nitrogens with one attached hydrogen (secondary N) is 2. The van der Waals surface area contributed by atoms with E-state index < -0.39 is 15.9 Å². The molecule has 10 heteroatoms. The smallest absolute Gasteiger partial charge is 0.275 e. The number of hydrogen-bond donors (Lipinski definition) is 2. The van der Waals surface area contributed by atoms with Gasteiger partial charge in [0.1, 0.15) is 10.7 Å². The van der Waals surface area contributed by atoms with Gasteiger partial charge >= 0.3 is 0 Å². The second-order valence-corrected chi connectivity index (χ2v) is 9.03. The third kappa shape index (κ3) is 4.56. The van der Waals surface area contributed by atoms with E-state index in [0.717, 1.165) is 17.5 Å². The maximum absolute atomic E-state index is 12.6. The molecule has 2 heterocycles. The average molecular weight is 440 g/mol. The summed E-state index contributed by atoms with van der Waals surface area (Å²) in [5.74, 6) is -0.435. The summed E-state index contributed by atoms with van der Waals surface area (Å²) in [5, 5.41) is 9.36. The van der Waals surface area contributed by atoms with Gasteiger partial charge in [-0.2, -0.15) is 5.10 Å². The molecule has 2 aromatic heterocycles. The molecule has 4 rings (SSSR count). The topological polar surface area (TPSA) is 106 Å². The van der Waals surface area contributed by atoms with Crippen LogP contribution < -0.4 is 10.0 Å². The predicted octanol–water partition coefficient (Wildman–Crippen LogP) is 3.62. The maximum atomic E-state index is 12.6. The Balaban J connectivity index is 1.53. The number of rotatable bonds is 6. The lowest BCUT2D eigenvalue weighted by Gasteiger charge is -2.10. The first-order valence-electron chi connectivity index (χ1n) is 8.83. The van der Waals surface area contributed by atoms with Crippen LogP contribution in [0.15, 0.2) is 72.4 Å². The predicted molar refractivity (Wildman–Crippen MR) is 118 cm³/mol. The molecule has 2 N–H and O–H groups in total. The molecule has 0 spiro atoms. The first kappa shape index (κ1) is 19.8. The van der Waals surface area contributed by atoms with Crippen molar-refractivity contribution in [3.8, 4) is 16.3 Å². The van der Waals surface area contributed by atoms with Crippen LogP contribution in [-0.2, 0) is 10.0 Å². The molecule has 152 valence electrons. The zero-order chi connectivity index (χ0) is 21.1. The molecule has 0 saturated heterocycles. The van der Waals surface area contributed by atoms with Crippen molar-refractivity contribution >= 4 is 38.6 Å². The molecular weight excluding hydrogens is 422 g/mol. The van der Waals surface area contributed by atoms with Crippen molar-refractivity contribution in [2.75, 3.05) is 16.3 Å². The Morgan fingerprint density at radius 3 is 2.47 bits per heavy atom. The number of sulfonamides is 1. The average Bonchev–Trinajstić information content (AvgIpc) is 3.39. The van der Waals surface area contributed by atoms with Gasteiger partial charge in [0.15, 0.2) is 0 Å². The van der Waals surface area contributed by atoms with Crippen LogP contribution in [-0.4, -0.2) is 35.3 Å². The number of carbonyl (C=O) groups excluding carboxylic acids is 1. The monoisotopic (exact) mass is 439 g/mol. The molecule has 30 heavy (non-hydrogen) atoms. The van der Waals surface area contributed by atoms with Crippen LogP contribution in [0.2, 0.25) is 0 Å². The van der Waals surface area contributed by atoms with Crippen molar-refractivity contribution in [3.05, 3.63) is 78.1 Å². The molecule has 0 fully saturated rings. The van der Waals surface area contributed by atoms with Gasteiger partial charge in [-0.3, -0.25) is 9.52 Å². The van der Waals surface area contributed by atoms with Crippen LogP contribution in [0.1, 0.15) is 10.5 Å². The Hall–Kier alpha value is -3.50. The van der Waals surface area contributed by atoms with Crippen LogP contribution in [0.4, 0.5) is 11.4 Å². The van der Waals surface area contributed by atoms with Crippen molar-refractivity contribution in [2.24, 2.45) is 0 Å². The van der Waals surface area contributed by atoms with Gasteiger partial charge in [-0.15, -0.1) is 11.3 Å². The van der Waals surface area contributed by atoms with Gasteiger partial charge in [0.25, 0.3) is 5.91 Å². The highest BCUT2D eigenvalue weighted by molar-refractivity contribution is 7.92. The fourth-order valence-corrected chi connectivity index (χ4v) is 4.09. The molecule has 0 aliphatic carbocycles. The molecule has 0 atom stereocenters. The summed E-state index contributed by atoms with van der Waals surface area (Å²) in [4.78, 5) is 17.0. The minimum atomic E-state index is -3.48. The lowest BCUT2D eigenvalue weighted by atomic mass is 10.2. The van der Waals surface area contributed by atoms with Crippen LogP contribution in [0, 0.1) is 0 Å². The van der Waals surface area contributed by atoms with Crippen LogP contribution in [0.3, 0.4) is 0 Å². The molecule has 4 aromatic rings. The lowest BCUT2D eigenvalue weighted by Crippen LogP contribution is -2.16. The van der Waals surface area contributed by atoms with Gasteiger partial charge in [0, 0.05) is 17.1 Å². The molecular formula is C20H17N5O3S2. The highest BCUT2D eigenvalue weighted by atomic mass is 32.2. The van der Waals surface area contributed by atoms with Gasteiger partial charge in [-0.25, -0.2) is 18.1 Å². The fourth-order valence-electron chi connectivity index (χ4n) is 2.73. The summed E-state index contributed by atoms with van der Waals surface area (Å²) in [5.41, 5.74) is 2.58. The van der Waals surface area contributed by atoms with Crippen molar-refractivity contribution in [1.82, 2.24) is 14.8 Å². The summed E-state index contributed by atoms with van der Waals surface area (Å²) in [6.45, 7) is 0. The van der Waals surface area contributed by atoms with Gasteiger partial charge in [-0.05, 0) is 24.3 Å². The normalized spacial score (nSPS) is 11.2. The summed E-state index contributed by atoms with van der Waals surface area (Å²) < 4.78 is 27.2. The molecule has 0 unspecified atom stereocenters. The zero-order valence-corrected chi connectivity index (χ0v) is 17.4. The minimum absolute atomic E-state index is 0.233. The van der Waals surface area contributed by atoms with Crippen molar-refractivity contribution in [2.45, 2.75) is 0 Å². The van der Waals surface area contributed by atoms with E-state index in [1.54, 1.807) is 40.5 Å². The van der Waals surface area contributed by atoms with E-state index in [1.807, 2.05) is 36.5 Å². The van der Waals surface area contributed by atoms with E-state index in [9.17, 15) is 13.2 Å². The van der Waals surface area contributed by atoms with Gasteiger partial charge < -0.3 is 5.32 Å². The van der Waals surface area contributed by atoms with Crippen molar-refractivity contribution in [1.29, 1.82) is 0 Å². The van der Waals surface area contributed by atoms with Gasteiger partial charge in [0.2, 0.25) is 10.0 Å². The van der Waals surface area contributed by atoms with E-state index in [2.05, 4.69) is 20.1 Å². The molecule has 0 aliphatic rings. The Bertz CT molecular complexity index is 1300. The van der Waals surface area contributed by atoms with E-state index in [1.165, 1.54) is 11.3 Å². The fraction of sp³-hybridized carbons (Fsp3) is 0.0500. The third-order valence-electron chi connectivity index (χ3n) is 4.06. The largest absolute Gasteiger partial charge is 0.319 e. The van der Waals surface area contributed by atoms with Gasteiger partial charge in [0.05, 0.1) is 29.5 Å². The number of carbonyl (C=O) groups is 1. The number of thiazole rings is 1. The summed E-state index contributed by atoms with van der Waals surface area (Å²) in [7, 11) is -3.48. The number of anilines is 2. The van der Waals surface area contributed by atoms with Gasteiger partial charge in [-0.1, -0.05) is 30.3 Å². The summed E-state index contributed by atoms with van der Waals surface area (Å²) >= 11 is 1.33. The minimum Gasteiger partial charge on any atom is -0.319 e. The number of benzene rings is 2. The molecule has 0 saturated carbocycles. The second kappa shape index (κ2) is 8.09. The first-order chi connectivity index (χ1) is 14.4. The number of nitrogens with zero attached hydrogens (tertiary/aromatic N) is 3. The molecule has 0 radical (unpaired) electrons. The Labute approximate surface area is 177 Å². The third-order valence-corrected chi connectivity index (χ3v) is 5.54. The number of para-hydroxylation sites is 3. The molecule has 1 amide bonds. The number of amides is 1. The highest BCUT2D eigenvalue weighted by Gasteiger charge is 2.16. The van der Waals surface area contributed by atoms with E-state index >= 15 is 0 Å². The first-order valence-corrected chi connectivity index (χ1v) is 11.6. The Morgan fingerprint density at radius 2 is 1.73 bits per heavy atom. The lowest BCUT2D eigenvalue weighted by molar-refractivity contribution is 0.102. The SMILES string of the molecule is CS(=O)(=O)Nc1ccccc1NC(=O)c1csc(-c2cnn(-c3ccccc3)c2)n1. The Morgan fingerprint density at radius 1 is 1.03 bits per heavy atom. The molecule has 8 nitrogen and oxygen atoms in total. The summed E-state index contributed by atoms with van der Waals surface area (Å²) in [6, 6.07) is 16.2. The van der Waals surface area contributed by atoms with E-state index in [-0.39, 0.29) is 11.4 Å². The summed E-state index contributed by atoms with van der Waals surface area (Å²) in [6.07, 6.45) is 4.59. The van der Waals surface area contributed by atoms with Crippen molar-refractivity contribution < 1.29 is 13.2 Å². The maximum Gasteiger partial charge on any atom is 0.275 e. The highest BCUT2D eigenvalue weighted by Crippen LogP contribution is 2.26. The Kier molecular flexibility index (Phi) is 5.34.